The Bertz CT molecular complexity index is 315. The second-order valence-corrected chi connectivity index (χ2v) is 6.55. The summed E-state index contributed by atoms with van der Waals surface area (Å²) in [7, 11) is 0. The van der Waals surface area contributed by atoms with Gasteiger partial charge in [0.05, 0.1) is 12.1 Å². The fourth-order valence-corrected chi connectivity index (χ4v) is 3.47. The van der Waals surface area contributed by atoms with Gasteiger partial charge in [-0.3, -0.25) is 4.79 Å². The molecule has 0 aromatic heterocycles. The van der Waals surface area contributed by atoms with Gasteiger partial charge >= 0.3 is 0 Å². The molecule has 0 radical (unpaired) electrons. The third-order valence-corrected chi connectivity index (χ3v) is 4.92. The molecule has 2 fully saturated rings. The van der Waals surface area contributed by atoms with E-state index < -0.39 is 0 Å². The Morgan fingerprint density at radius 3 is 2.68 bits per heavy atom. The normalized spacial score (nSPS) is 40.9. The molecule has 4 heteroatoms. The van der Waals surface area contributed by atoms with Crippen LogP contribution in [0, 0.1) is 17.8 Å². The Labute approximate surface area is 116 Å². The molecular weight excluding hydrogens is 240 g/mol. The summed E-state index contributed by atoms with van der Waals surface area (Å²) in [4.78, 5) is 12.4. The number of hydrogen-bond donors (Lipinski definition) is 2. The number of hydrogen-bond acceptors (Lipinski definition) is 3. The van der Waals surface area contributed by atoms with Crippen molar-refractivity contribution < 1.29 is 9.53 Å². The largest absolute Gasteiger partial charge is 0.376 e. The highest BCUT2D eigenvalue weighted by Gasteiger charge is 2.36. The number of carbonyl (C=O) groups is 1. The number of nitrogens with two attached hydrogens (primary N) is 1. The van der Waals surface area contributed by atoms with Crippen LogP contribution in [0.25, 0.3) is 0 Å². The van der Waals surface area contributed by atoms with E-state index in [4.69, 9.17) is 10.5 Å². The van der Waals surface area contributed by atoms with Gasteiger partial charge in [-0.1, -0.05) is 13.8 Å². The maximum Gasteiger partial charge on any atom is 0.223 e. The molecule has 1 aliphatic carbocycles. The molecule has 3 N–H and O–H groups in total. The molecule has 1 saturated heterocycles. The quantitative estimate of drug-likeness (QED) is 0.818. The van der Waals surface area contributed by atoms with Crippen LogP contribution < -0.4 is 11.1 Å². The Balaban J connectivity index is 1.88. The van der Waals surface area contributed by atoms with Crippen molar-refractivity contribution in [3.8, 4) is 0 Å². The van der Waals surface area contributed by atoms with Gasteiger partial charge in [-0.15, -0.1) is 0 Å². The summed E-state index contributed by atoms with van der Waals surface area (Å²) in [5, 5.41) is 3.14. The summed E-state index contributed by atoms with van der Waals surface area (Å²) >= 11 is 0. The van der Waals surface area contributed by atoms with Gasteiger partial charge in [0.1, 0.15) is 0 Å². The van der Waals surface area contributed by atoms with E-state index in [2.05, 4.69) is 19.2 Å². The zero-order valence-electron chi connectivity index (χ0n) is 12.4. The van der Waals surface area contributed by atoms with Crippen LogP contribution in [-0.4, -0.2) is 30.7 Å². The fourth-order valence-electron chi connectivity index (χ4n) is 3.47. The first-order valence-electron chi connectivity index (χ1n) is 7.66. The third-order valence-electron chi connectivity index (χ3n) is 4.92. The van der Waals surface area contributed by atoms with Gasteiger partial charge < -0.3 is 15.8 Å². The predicted octanol–water partition coefficient (Wildman–Crippen LogP) is 1.68. The number of carbonyl (C=O) groups excluding carboxylic acids is 1. The zero-order valence-corrected chi connectivity index (χ0v) is 12.4. The third kappa shape index (κ3) is 3.48. The van der Waals surface area contributed by atoms with E-state index in [1.54, 1.807) is 0 Å². The Hall–Kier alpha value is -0.610. The molecule has 6 atom stereocenters. The summed E-state index contributed by atoms with van der Waals surface area (Å²) in [6.07, 6.45) is 4.21. The molecule has 0 spiro atoms. The van der Waals surface area contributed by atoms with Crippen molar-refractivity contribution in [2.75, 3.05) is 6.61 Å². The average molecular weight is 268 g/mol. The van der Waals surface area contributed by atoms with Crippen molar-refractivity contribution in [1.82, 2.24) is 5.32 Å². The second kappa shape index (κ2) is 6.23. The molecule has 1 amide bonds. The van der Waals surface area contributed by atoms with E-state index in [0.717, 1.165) is 32.3 Å². The molecule has 1 aliphatic heterocycles. The Morgan fingerprint density at radius 1 is 1.32 bits per heavy atom. The van der Waals surface area contributed by atoms with Crippen molar-refractivity contribution in [1.29, 1.82) is 0 Å². The molecule has 110 valence electrons. The van der Waals surface area contributed by atoms with Crippen LogP contribution >= 0.6 is 0 Å². The lowest BCUT2D eigenvalue weighted by Gasteiger charge is -2.37. The molecular formula is C15H28N2O2. The monoisotopic (exact) mass is 268 g/mol. The smallest absolute Gasteiger partial charge is 0.223 e. The van der Waals surface area contributed by atoms with Crippen molar-refractivity contribution in [2.45, 2.75) is 64.6 Å². The van der Waals surface area contributed by atoms with Gasteiger partial charge in [0.25, 0.3) is 0 Å². The minimum absolute atomic E-state index is 0.0649. The highest BCUT2D eigenvalue weighted by Crippen LogP contribution is 2.33. The predicted molar refractivity (Wildman–Crippen MR) is 75.6 cm³/mol. The van der Waals surface area contributed by atoms with E-state index in [1.807, 2.05) is 6.92 Å². The van der Waals surface area contributed by atoms with Gasteiger partial charge in [-0.05, 0) is 44.4 Å². The maximum atomic E-state index is 12.4. The molecule has 19 heavy (non-hydrogen) atoms. The first kappa shape index (κ1) is 14.8. The first-order chi connectivity index (χ1) is 8.99. The van der Waals surface area contributed by atoms with E-state index >= 15 is 0 Å². The molecule has 2 rings (SSSR count). The standard InChI is InChI=1S/C15H28N2O2/c1-9-7-10(2)13(16)8-12(9)15(18)17-11(3)14-5-4-6-19-14/h9-14H,4-8,16H2,1-3H3,(H,17,18). The van der Waals surface area contributed by atoms with Crippen molar-refractivity contribution in [2.24, 2.45) is 23.5 Å². The summed E-state index contributed by atoms with van der Waals surface area (Å²) in [5.41, 5.74) is 6.12. The van der Waals surface area contributed by atoms with Crippen LogP contribution in [0.1, 0.15) is 46.5 Å². The number of amides is 1. The van der Waals surface area contributed by atoms with Gasteiger partial charge in [0, 0.05) is 18.6 Å². The topological polar surface area (TPSA) is 64.3 Å². The maximum absolute atomic E-state index is 12.4. The first-order valence-corrected chi connectivity index (χ1v) is 7.66. The second-order valence-electron chi connectivity index (χ2n) is 6.55. The van der Waals surface area contributed by atoms with Crippen LogP contribution in [0.5, 0.6) is 0 Å². The van der Waals surface area contributed by atoms with Gasteiger partial charge in [-0.2, -0.15) is 0 Å². The summed E-state index contributed by atoms with van der Waals surface area (Å²) < 4.78 is 5.63. The highest BCUT2D eigenvalue weighted by molar-refractivity contribution is 5.79. The average Bonchev–Trinajstić information content (AvgIpc) is 2.87. The van der Waals surface area contributed by atoms with E-state index in [0.29, 0.717) is 11.8 Å². The SMILES string of the molecule is CC1CC(C)C(C(=O)NC(C)C2CCCO2)CC1N. The number of ether oxygens (including phenoxy) is 1. The molecule has 1 heterocycles. The van der Waals surface area contributed by atoms with E-state index in [9.17, 15) is 4.79 Å². The van der Waals surface area contributed by atoms with Crippen molar-refractivity contribution >= 4 is 5.91 Å². The van der Waals surface area contributed by atoms with Gasteiger partial charge in [0.15, 0.2) is 0 Å². The fraction of sp³-hybridized carbons (Fsp3) is 0.933. The van der Waals surface area contributed by atoms with Crippen LogP contribution in [0.4, 0.5) is 0 Å². The van der Waals surface area contributed by atoms with Crippen molar-refractivity contribution in [3.63, 3.8) is 0 Å². The van der Waals surface area contributed by atoms with Crippen LogP contribution in [0.2, 0.25) is 0 Å². The van der Waals surface area contributed by atoms with Gasteiger partial charge in [0.2, 0.25) is 5.91 Å². The zero-order chi connectivity index (χ0) is 14.0. The highest BCUT2D eigenvalue weighted by atomic mass is 16.5. The molecule has 4 nitrogen and oxygen atoms in total. The molecule has 0 aromatic carbocycles. The van der Waals surface area contributed by atoms with Crippen LogP contribution in [0.3, 0.4) is 0 Å². The van der Waals surface area contributed by atoms with Crippen molar-refractivity contribution in [3.05, 3.63) is 0 Å². The molecule has 0 bridgehead atoms. The summed E-state index contributed by atoms with van der Waals surface area (Å²) in [6, 6.07) is 0.266. The van der Waals surface area contributed by atoms with E-state index in [1.165, 1.54) is 0 Å². The van der Waals surface area contributed by atoms with Crippen LogP contribution in [0.15, 0.2) is 0 Å². The lowest BCUT2D eigenvalue weighted by atomic mass is 9.72. The minimum Gasteiger partial charge on any atom is -0.376 e. The van der Waals surface area contributed by atoms with E-state index in [-0.39, 0.29) is 30.0 Å². The summed E-state index contributed by atoms with van der Waals surface area (Å²) in [6.45, 7) is 7.23. The Morgan fingerprint density at radius 2 is 2.05 bits per heavy atom. The lowest BCUT2D eigenvalue weighted by Crippen LogP contribution is -2.49. The van der Waals surface area contributed by atoms with Crippen LogP contribution in [-0.2, 0) is 9.53 Å². The minimum atomic E-state index is 0.0649. The summed E-state index contributed by atoms with van der Waals surface area (Å²) in [5.74, 6) is 1.18. The molecule has 0 aromatic rings. The molecule has 2 aliphatic rings. The number of nitrogens with one attached hydrogen (secondary N) is 1. The molecule has 6 unspecified atom stereocenters. The van der Waals surface area contributed by atoms with Gasteiger partial charge in [-0.25, -0.2) is 0 Å². The Kier molecular flexibility index (Phi) is 4.85. The lowest BCUT2D eigenvalue weighted by molar-refractivity contribution is -0.129. The molecule has 1 saturated carbocycles. The number of rotatable bonds is 3.